The highest BCUT2D eigenvalue weighted by Gasteiger charge is 2.13. The lowest BCUT2D eigenvalue weighted by Gasteiger charge is -2.22. The monoisotopic (exact) mass is 257 g/mol. The van der Waals surface area contributed by atoms with Gasteiger partial charge in [0.05, 0.1) is 5.69 Å². The fourth-order valence-corrected chi connectivity index (χ4v) is 2.79. The topological polar surface area (TPSA) is 49.8 Å². The summed E-state index contributed by atoms with van der Waals surface area (Å²) in [5, 5.41) is 3.45. The van der Waals surface area contributed by atoms with Crippen molar-refractivity contribution in [3.05, 3.63) is 52.7 Å². The third kappa shape index (κ3) is 2.79. The second-order valence-corrected chi connectivity index (χ2v) is 5.22. The molecule has 1 atom stereocenters. The third-order valence-electron chi connectivity index (χ3n) is 3.76. The molecule has 1 aliphatic rings. The first-order valence-corrected chi connectivity index (χ1v) is 6.89. The van der Waals surface area contributed by atoms with Gasteiger partial charge in [-0.3, -0.25) is 4.57 Å². The summed E-state index contributed by atoms with van der Waals surface area (Å²) in [4.78, 5) is 14.3. The van der Waals surface area contributed by atoms with Crippen molar-refractivity contribution in [3.8, 4) is 5.69 Å². The van der Waals surface area contributed by atoms with Crippen LogP contribution in [-0.4, -0.2) is 22.6 Å². The Labute approximate surface area is 112 Å². The smallest absolute Gasteiger partial charge is 0.316 e. The van der Waals surface area contributed by atoms with Crippen LogP contribution in [0.1, 0.15) is 18.4 Å². The van der Waals surface area contributed by atoms with E-state index in [1.165, 1.54) is 18.4 Å². The van der Waals surface area contributed by atoms with Gasteiger partial charge in [0.25, 0.3) is 0 Å². The Morgan fingerprint density at radius 3 is 3.05 bits per heavy atom. The minimum atomic E-state index is -0.0866. The Morgan fingerprint density at radius 1 is 1.37 bits per heavy atom. The number of nitrogens with zero attached hydrogens (tertiary/aromatic N) is 1. The SMILES string of the molecule is O=c1[nH]ccn1-c1cccc(CC2CCCNC2)c1. The van der Waals surface area contributed by atoms with Crippen molar-refractivity contribution in [1.82, 2.24) is 14.9 Å². The summed E-state index contributed by atoms with van der Waals surface area (Å²) in [6.07, 6.45) is 7.08. The molecule has 0 bridgehead atoms. The number of nitrogens with one attached hydrogen (secondary N) is 2. The average molecular weight is 257 g/mol. The van der Waals surface area contributed by atoms with Crippen LogP contribution in [0.15, 0.2) is 41.5 Å². The van der Waals surface area contributed by atoms with Crippen molar-refractivity contribution in [2.75, 3.05) is 13.1 Å². The maximum absolute atomic E-state index is 11.6. The minimum Gasteiger partial charge on any atom is -0.316 e. The molecule has 1 aromatic heterocycles. The van der Waals surface area contributed by atoms with E-state index in [0.717, 1.165) is 25.2 Å². The second kappa shape index (κ2) is 5.45. The molecule has 0 saturated carbocycles. The third-order valence-corrected chi connectivity index (χ3v) is 3.76. The molecule has 2 N–H and O–H groups in total. The Balaban J connectivity index is 1.80. The van der Waals surface area contributed by atoms with Gasteiger partial charge in [-0.05, 0) is 56.0 Å². The lowest BCUT2D eigenvalue weighted by molar-refractivity contribution is 0.376. The number of imidazole rings is 1. The van der Waals surface area contributed by atoms with Crippen molar-refractivity contribution < 1.29 is 0 Å². The van der Waals surface area contributed by atoms with Gasteiger partial charge in [-0.15, -0.1) is 0 Å². The zero-order chi connectivity index (χ0) is 13.1. The van der Waals surface area contributed by atoms with Gasteiger partial charge >= 0.3 is 5.69 Å². The lowest BCUT2D eigenvalue weighted by Crippen LogP contribution is -2.30. The molecule has 0 radical (unpaired) electrons. The summed E-state index contributed by atoms with van der Waals surface area (Å²) in [7, 11) is 0. The number of H-pyrrole nitrogens is 1. The zero-order valence-corrected chi connectivity index (χ0v) is 10.9. The number of aromatic amines is 1. The van der Waals surface area contributed by atoms with Crippen LogP contribution < -0.4 is 11.0 Å². The van der Waals surface area contributed by atoms with E-state index in [9.17, 15) is 4.79 Å². The summed E-state index contributed by atoms with van der Waals surface area (Å²) in [6, 6.07) is 8.26. The second-order valence-electron chi connectivity index (χ2n) is 5.22. The predicted molar refractivity (Wildman–Crippen MR) is 75.7 cm³/mol. The van der Waals surface area contributed by atoms with Gasteiger partial charge in [0.1, 0.15) is 0 Å². The highest BCUT2D eigenvalue weighted by molar-refractivity contribution is 5.36. The van der Waals surface area contributed by atoms with Gasteiger partial charge in [-0.1, -0.05) is 12.1 Å². The normalized spacial score (nSPS) is 19.5. The van der Waals surface area contributed by atoms with E-state index in [4.69, 9.17) is 0 Å². The van der Waals surface area contributed by atoms with Crippen molar-refractivity contribution in [2.24, 2.45) is 5.92 Å². The van der Waals surface area contributed by atoms with E-state index in [1.54, 1.807) is 17.0 Å². The Hall–Kier alpha value is -1.81. The van der Waals surface area contributed by atoms with Crippen LogP contribution in [-0.2, 0) is 6.42 Å². The van der Waals surface area contributed by atoms with Crippen LogP contribution in [0.3, 0.4) is 0 Å². The van der Waals surface area contributed by atoms with Gasteiger partial charge in [0, 0.05) is 12.4 Å². The summed E-state index contributed by atoms with van der Waals surface area (Å²) in [5.74, 6) is 0.715. The van der Waals surface area contributed by atoms with E-state index in [2.05, 4.69) is 22.4 Å². The van der Waals surface area contributed by atoms with Crippen LogP contribution in [0.4, 0.5) is 0 Å². The van der Waals surface area contributed by atoms with Crippen LogP contribution in [0, 0.1) is 5.92 Å². The molecule has 2 heterocycles. The summed E-state index contributed by atoms with van der Waals surface area (Å²) >= 11 is 0. The summed E-state index contributed by atoms with van der Waals surface area (Å²) in [6.45, 7) is 2.25. The summed E-state index contributed by atoms with van der Waals surface area (Å²) in [5.41, 5.74) is 2.16. The van der Waals surface area contributed by atoms with E-state index >= 15 is 0 Å². The average Bonchev–Trinajstić information content (AvgIpc) is 2.86. The molecular weight excluding hydrogens is 238 g/mol. The molecule has 2 aromatic rings. The Bertz CT molecular complexity index is 593. The van der Waals surface area contributed by atoms with Crippen LogP contribution >= 0.6 is 0 Å². The first-order valence-electron chi connectivity index (χ1n) is 6.89. The first kappa shape index (κ1) is 12.2. The number of aromatic nitrogens is 2. The molecule has 1 aliphatic heterocycles. The van der Waals surface area contributed by atoms with Crippen molar-refractivity contribution >= 4 is 0 Å². The number of benzene rings is 1. The molecule has 100 valence electrons. The van der Waals surface area contributed by atoms with Gasteiger partial charge in [0.15, 0.2) is 0 Å². The maximum Gasteiger partial charge on any atom is 0.330 e. The highest BCUT2D eigenvalue weighted by atomic mass is 16.1. The molecule has 0 amide bonds. The molecule has 19 heavy (non-hydrogen) atoms. The molecule has 3 rings (SSSR count). The van der Waals surface area contributed by atoms with E-state index in [-0.39, 0.29) is 5.69 Å². The van der Waals surface area contributed by atoms with E-state index in [1.807, 2.05) is 12.1 Å². The summed E-state index contributed by atoms with van der Waals surface area (Å²) < 4.78 is 1.64. The van der Waals surface area contributed by atoms with Crippen LogP contribution in [0.2, 0.25) is 0 Å². The Morgan fingerprint density at radius 2 is 2.32 bits per heavy atom. The molecule has 0 aliphatic carbocycles. The highest BCUT2D eigenvalue weighted by Crippen LogP contribution is 2.18. The predicted octanol–water partition coefficient (Wildman–Crippen LogP) is 1.71. The zero-order valence-electron chi connectivity index (χ0n) is 10.9. The molecule has 1 unspecified atom stereocenters. The molecule has 0 spiro atoms. The quantitative estimate of drug-likeness (QED) is 0.879. The van der Waals surface area contributed by atoms with Crippen LogP contribution in [0.25, 0.3) is 5.69 Å². The van der Waals surface area contributed by atoms with E-state index < -0.39 is 0 Å². The number of hydrogen-bond acceptors (Lipinski definition) is 2. The molecule has 4 nitrogen and oxygen atoms in total. The molecule has 1 fully saturated rings. The van der Waals surface area contributed by atoms with Gasteiger partial charge < -0.3 is 10.3 Å². The number of piperidine rings is 1. The largest absolute Gasteiger partial charge is 0.330 e. The molecule has 4 heteroatoms. The number of hydrogen-bond donors (Lipinski definition) is 2. The van der Waals surface area contributed by atoms with Crippen LogP contribution in [0.5, 0.6) is 0 Å². The molecule has 1 aromatic carbocycles. The lowest BCUT2D eigenvalue weighted by atomic mass is 9.92. The van der Waals surface area contributed by atoms with Crippen molar-refractivity contribution in [2.45, 2.75) is 19.3 Å². The van der Waals surface area contributed by atoms with Gasteiger partial charge in [0.2, 0.25) is 0 Å². The fourth-order valence-electron chi connectivity index (χ4n) is 2.79. The van der Waals surface area contributed by atoms with Crippen molar-refractivity contribution in [1.29, 1.82) is 0 Å². The number of rotatable bonds is 3. The van der Waals surface area contributed by atoms with E-state index in [0.29, 0.717) is 5.92 Å². The molecule has 1 saturated heterocycles. The molecular formula is C15H19N3O. The first-order chi connectivity index (χ1) is 9.33. The minimum absolute atomic E-state index is 0.0866. The standard InChI is InChI=1S/C15H19N3O/c19-15-17-7-8-18(15)14-5-1-3-12(10-14)9-13-4-2-6-16-11-13/h1,3,5,7-8,10,13,16H,2,4,6,9,11H2,(H,17,19). The fraction of sp³-hybridized carbons (Fsp3) is 0.400. The Kier molecular flexibility index (Phi) is 3.51. The van der Waals surface area contributed by atoms with Crippen molar-refractivity contribution in [3.63, 3.8) is 0 Å². The van der Waals surface area contributed by atoms with Gasteiger partial charge in [-0.2, -0.15) is 0 Å². The van der Waals surface area contributed by atoms with Gasteiger partial charge in [-0.25, -0.2) is 4.79 Å². The maximum atomic E-state index is 11.6.